The van der Waals surface area contributed by atoms with Crippen molar-refractivity contribution in [1.29, 1.82) is 0 Å². The average molecular weight is 319 g/mol. The Balaban J connectivity index is 1.52. The predicted molar refractivity (Wildman–Crippen MR) is 85.3 cm³/mol. The maximum atomic E-state index is 12.7. The number of thioether (sulfide) groups is 1. The van der Waals surface area contributed by atoms with Crippen LogP contribution < -0.4 is 10.9 Å². The molecule has 0 bridgehead atoms. The van der Waals surface area contributed by atoms with Crippen LogP contribution in [0.4, 0.5) is 0 Å². The van der Waals surface area contributed by atoms with E-state index in [4.69, 9.17) is 0 Å². The second-order valence-corrected chi connectivity index (χ2v) is 7.55. The fourth-order valence-corrected chi connectivity index (χ4v) is 5.03. The maximum absolute atomic E-state index is 12.7. The lowest BCUT2D eigenvalue weighted by molar-refractivity contribution is -0.122. The Hall–Kier alpha value is -1.30. The van der Waals surface area contributed by atoms with E-state index in [0.717, 1.165) is 54.3 Å². The van der Waals surface area contributed by atoms with Crippen LogP contribution in [0, 0.1) is 0 Å². The molecule has 1 fully saturated rings. The average Bonchev–Trinajstić information content (AvgIpc) is 3.20. The zero-order valence-corrected chi connectivity index (χ0v) is 13.5. The normalized spacial score (nSPS) is 23.5. The van der Waals surface area contributed by atoms with E-state index in [9.17, 15) is 9.59 Å². The zero-order chi connectivity index (χ0) is 15.1. The molecular weight excluding hydrogens is 298 g/mol. The number of nitrogens with zero attached hydrogens (tertiary/aromatic N) is 2. The second kappa shape index (κ2) is 5.72. The number of amides is 1. The number of rotatable bonds is 3. The number of carbonyl (C=O) groups excluding carboxylic acids is 1. The van der Waals surface area contributed by atoms with Gasteiger partial charge in [0.2, 0.25) is 5.91 Å². The van der Waals surface area contributed by atoms with E-state index < -0.39 is 0 Å². The Morgan fingerprint density at radius 1 is 1.27 bits per heavy atom. The van der Waals surface area contributed by atoms with Crippen LogP contribution in [-0.4, -0.2) is 27.3 Å². The Bertz CT molecular complexity index is 664. The molecule has 0 saturated heterocycles. The van der Waals surface area contributed by atoms with Crippen LogP contribution in [-0.2, 0) is 17.6 Å². The standard InChI is InChI=1S/C16H21N3O2S/c20-14(17-10-4-1-2-5-10)8-11-9-22-16-18-13-7-3-6-12(13)15(21)19(11)16/h10-11H,1-9H2,(H,17,20). The molecule has 1 saturated carbocycles. The molecule has 0 radical (unpaired) electrons. The first-order valence-corrected chi connectivity index (χ1v) is 9.27. The summed E-state index contributed by atoms with van der Waals surface area (Å²) in [6.07, 6.45) is 7.80. The van der Waals surface area contributed by atoms with Crippen molar-refractivity contribution in [2.24, 2.45) is 0 Å². The fourth-order valence-electron chi connectivity index (χ4n) is 3.87. The molecule has 1 aromatic heterocycles. The largest absolute Gasteiger partial charge is 0.353 e. The topological polar surface area (TPSA) is 64.0 Å². The third-order valence-electron chi connectivity index (χ3n) is 5.01. The number of carbonyl (C=O) groups is 1. The summed E-state index contributed by atoms with van der Waals surface area (Å²) in [7, 11) is 0. The van der Waals surface area contributed by atoms with Gasteiger partial charge in [-0.25, -0.2) is 4.98 Å². The van der Waals surface area contributed by atoms with Gasteiger partial charge in [0.05, 0.1) is 11.7 Å². The van der Waals surface area contributed by atoms with Gasteiger partial charge in [0, 0.05) is 23.8 Å². The van der Waals surface area contributed by atoms with E-state index >= 15 is 0 Å². The molecule has 1 N–H and O–H groups in total. The number of aromatic nitrogens is 2. The highest BCUT2D eigenvalue weighted by atomic mass is 32.2. The Morgan fingerprint density at radius 3 is 2.91 bits per heavy atom. The second-order valence-electron chi connectivity index (χ2n) is 6.57. The molecule has 3 aliphatic rings. The lowest BCUT2D eigenvalue weighted by Crippen LogP contribution is -2.36. The Labute approximate surface area is 133 Å². The first-order chi connectivity index (χ1) is 10.7. The SMILES string of the molecule is O=C(CC1CSc2nc3c(c(=O)n21)CCC3)NC1CCCC1. The highest BCUT2D eigenvalue weighted by molar-refractivity contribution is 7.99. The third-order valence-corrected chi connectivity index (χ3v) is 6.11. The molecule has 2 aliphatic carbocycles. The summed E-state index contributed by atoms with van der Waals surface area (Å²) in [5, 5.41) is 3.93. The Kier molecular flexibility index (Phi) is 3.72. The molecule has 5 nitrogen and oxygen atoms in total. The fraction of sp³-hybridized carbons (Fsp3) is 0.688. The lowest BCUT2D eigenvalue weighted by Gasteiger charge is -2.16. The first-order valence-electron chi connectivity index (χ1n) is 8.29. The van der Waals surface area contributed by atoms with E-state index in [-0.39, 0.29) is 17.5 Å². The molecule has 1 unspecified atom stereocenters. The first kappa shape index (κ1) is 14.3. The minimum absolute atomic E-state index is 0.0349. The van der Waals surface area contributed by atoms with Gasteiger partial charge in [0.1, 0.15) is 0 Å². The summed E-state index contributed by atoms with van der Waals surface area (Å²) < 4.78 is 1.78. The molecule has 1 atom stereocenters. The highest BCUT2D eigenvalue weighted by Gasteiger charge is 2.31. The summed E-state index contributed by atoms with van der Waals surface area (Å²) in [4.78, 5) is 29.6. The van der Waals surface area contributed by atoms with Crippen LogP contribution in [0.2, 0.25) is 0 Å². The molecule has 1 amide bonds. The molecule has 4 rings (SSSR count). The number of hydrogen-bond acceptors (Lipinski definition) is 4. The summed E-state index contributed by atoms with van der Waals surface area (Å²) in [5.41, 5.74) is 1.97. The van der Waals surface area contributed by atoms with Crippen LogP contribution in [0.1, 0.15) is 55.8 Å². The van der Waals surface area contributed by atoms with Crippen molar-refractivity contribution in [2.45, 2.75) is 68.6 Å². The lowest BCUT2D eigenvalue weighted by atomic mass is 10.1. The number of fused-ring (bicyclic) bond motifs is 2. The van der Waals surface area contributed by atoms with Gasteiger partial charge in [0.15, 0.2) is 5.16 Å². The molecule has 0 aromatic carbocycles. The molecule has 1 aliphatic heterocycles. The van der Waals surface area contributed by atoms with Gasteiger partial charge in [-0.15, -0.1) is 0 Å². The van der Waals surface area contributed by atoms with Gasteiger partial charge in [-0.2, -0.15) is 0 Å². The number of nitrogens with one attached hydrogen (secondary N) is 1. The van der Waals surface area contributed by atoms with Crippen LogP contribution in [0.5, 0.6) is 0 Å². The van der Waals surface area contributed by atoms with Crippen LogP contribution in [0.15, 0.2) is 9.95 Å². The van der Waals surface area contributed by atoms with Crippen LogP contribution in [0.3, 0.4) is 0 Å². The minimum atomic E-state index is -0.0349. The van der Waals surface area contributed by atoms with E-state index in [0.29, 0.717) is 12.5 Å². The predicted octanol–water partition coefficient (Wildman–Crippen LogP) is 1.83. The maximum Gasteiger partial charge on any atom is 0.257 e. The monoisotopic (exact) mass is 319 g/mol. The van der Waals surface area contributed by atoms with Crippen molar-refractivity contribution in [3.63, 3.8) is 0 Å². The summed E-state index contributed by atoms with van der Waals surface area (Å²) in [6, 6.07) is 0.309. The quantitative estimate of drug-likeness (QED) is 0.863. The summed E-state index contributed by atoms with van der Waals surface area (Å²) in [5.74, 6) is 0.862. The van der Waals surface area contributed by atoms with Gasteiger partial charge in [0.25, 0.3) is 5.56 Å². The van der Waals surface area contributed by atoms with Gasteiger partial charge in [-0.1, -0.05) is 24.6 Å². The van der Waals surface area contributed by atoms with Crippen LogP contribution in [0.25, 0.3) is 0 Å². The van der Waals surface area contributed by atoms with Gasteiger partial charge in [-0.05, 0) is 32.1 Å². The minimum Gasteiger partial charge on any atom is -0.353 e. The van der Waals surface area contributed by atoms with Crippen molar-refractivity contribution in [3.05, 3.63) is 21.6 Å². The van der Waals surface area contributed by atoms with Crippen molar-refractivity contribution in [3.8, 4) is 0 Å². The molecule has 118 valence electrons. The van der Waals surface area contributed by atoms with Gasteiger partial charge < -0.3 is 5.32 Å². The summed E-state index contributed by atoms with van der Waals surface area (Å²) >= 11 is 1.61. The molecule has 6 heteroatoms. The van der Waals surface area contributed by atoms with Crippen molar-refractivity contribution < 1.29 is 4.79 Å². The van der Waals surface area contributed by atoms with Crippen molar-refractivity contribution in [1.82, 2.24) is 14.9 Å². The third kappa shape index (κ3) is 2.47. The van der Waals surface area contributed by atoms with Crippen LogP contribution >= 0.6 is 11.8 Å². The van der Waals surface area contributed by atoms with E-state index in [1.807, 2.05) is 0 Å². The molecule has 22 heavy (non-hydrogen) atoms. The zero-order valence-electron chi connectivity index (χ0n) is 12.6. The van der Waals surface area contributed by atoms with Crippen molar-refractivity contribution in [2.75, 3.05) is 5.75 Å². The van der Waals surface area contributed by atoms with E-state index in [1.54, 1.807) is 16.3 Å². The van der Waals surface area contributed by atoms with Gasteiger partial charge in [-0.3, -0.25) is 14.2 Å². The van der Waals surface area contributed by atoms with E-state index in [1.165, 1.54) is 12.8 Å². The number of aryl methyl sites for hydroxylation is 1. The molecular formula is C16H21N3O2S. The smallest absolute Gasteiger partial charge is 0.257 e. The van der Waals surface area contributed by atoms with Gasteiger partial charge >= 0.3 is 0 Å². The highest BCUT2D eigenvalue weighted by Crippen LogP contribution is 2.34. The van der Waals surface area contributed by atoms with Crippen molar-refractivity contribution >= 4 is 17.7 Å². The molecule has 1 aromatic rings. The van der Waals surface area contributed by atoms with E-state index in [2.05, 4.69) is 10.3 Å². The molecule has 0 spiro atoms. The Morgan fingerprint density at radius 2 is 2.09 bits per heavy atom. The number of hydrogen-bond donors (Lipinski definition) is 1. The summed E-state index contributed by atoms with van der Waals surface area (Å²) in [6.45, 7) is 0. The molecule has 2 heterocycles.